The first-order chi connectivity index (χ1) is 15.4. The molecule has 0 aromatic heterocycles. The van der Waals surface area contributed by atoms with E-state index in [2.05, 4.69) is 12.2 Å². The van der Waals surface area contributed by atoms with Crippen LogP contribution in [0.25, 0.3) is 0 Å². The standard InChI is InChI=1S/C25H35NO5S/c1-2-3-4-5-6-7-8-9-10-11-20-31-32(29,30)24-18-12-21(13-19-24)25(28)26-22-14-16-23(27)17-15-22/h12-19,27H,2-11,20H2,1H3,(H,26,28). The van der Waals surface area contributed by atoms with Gasteiger partial charge in [0.2, 0.25) is 0 Å². The van der Waals surface area contributed by atoms with Gasteiger partial charge in [0.25, 0.3) is 16.0 Å². The van der Waals surface area contributed by atoms with Gasteiger partial charge in [-0.15, -0.1) is 0 Å². The van der Waals surface area contributed by atoms with Gasteiger partial charge in [0.1, 0.15) is 5.75 Å². The van der Waals surface area contributed by atoms with Gasteiger partial charge in [-0.25, -0.2) is 0 Å². The van der Waals surface area contributed by atoms with E-state index in [0.717, 1.165) is 12.8 Å². The Bertz CT molecular complexity index is 908. The molecule has 0 saturated heterocycles. The van der Waals surface area contributed by atoms with Crippen LogP contribution < -0.4 is 5.32 Å². The van der Waals surface area contributed by atoms with Gasteiger partial charge in [0.05, 0.1) is 11.5 Å². The molecule has 2 aromatic carbocycles. The van der Waals surface area contributed by atoms with Crippen molar-refractivity contribution >= 4 is 21.7 Å². The van der Waals surface area contributed by atoms with Crippen molar-refractivity contribution in [1.82, 2.24) is 0 Å². The van der Waals surface area contributed by atoms with Crippen LogP contribution in [0.5, 0.6) is 5.75 Å². The maximum absolute atomic E-state index is 12.4. The summed E-state index contributed by atoms with van der Waals surface area (Å²) in [6, 6.07) is 11.7. The van der Waals surface area contributed by atoms with E-state index in [1.165, 1.54) is 81.3 Å². The molecule has 0 unspecified atom stereocenters. The lowest BCUT2D eigenvalue weighted by Crippen LogP contribution is -2.12. The van der Waals surface area contributed by atoms with Gasteiger partial charge in [0.15, 0.2) is 0 Å². The van der Waals surface area contributed by atoms with Gasteiger partial charge in [0, 0.05) is 11.3 Å². The topological polar surface area (TPSA) is 92.7 Å². The summed E-state index contributed by atoms with van der Waals surface area (Å²) in [7, 11) is -3.84. The molecule has 0 bridgehead atoms. The zero-order valence-electron chi connectivity index (χ0n) is 18.9. The van der Waals surface area contributed by atoms with Crippen LogP contribution in [0, 0.1) is 0 Å². The molecule has 2 aromatic rings. The molecule has 0 aliphatic heterocycles. The quantitative estimate of drug-likeness (QED) is 0.185. The number of anilines is 1. The first kappa shape index (κ1) is 25.9. The second-order valence-electron chi connectivity index (χ2n) is 7.98. The van der Waals surface area contributed by atoms with Gasteiger partial charge in [-0.3, -0.25) is 8.98 Å². The number of phenols is 1. The Morgan fingerprint density at radius 3 is 1.91 bits per heavy atom. The summed E-state index contributed by atoms with van der Waals surface area (Å²) in [5.74, 6) is -0.263. The minimum Gasteiger partial charge on any atom is -0.508 e. The number of carbonyl (C=O) groups excluding carboxylic acids is 1. The lowest BCUT2D eigenvalue weighted by atomic mass is 10.1. The first-order valence-corrected chi connectivity index (χ1v) is 12.9. The van der Waals surface area contributed by atoms with Gasteiger partial charge in [-0.2, -0.15) is 8.42 Å². The van der Waals surface area contributed by atoms with Crippen LogP contribution in [0.3, 0.4) is 0 Å². The van der Waals surface area contributed by atoms with Gasteiger partial charge < -0.3 is 10.4 Å². The molecule has 0 aliphatic carbocycles. The van der Waals surface area contributed by atoms with Crippen molar-refractivity contribution in [3.8, 4) is 5.75 Å². The number of hydrogen-bond donors (Lipinski definition) is 2. The first-order valence-electron chi connectivity index (χ1n) is 11.5. The molecule has 1 amide bonds. The summed E-state index contributed by atoms with van der Waals surface area (Å²) in [5, 5.41) is 12.0. The average Bonchev–Trinajstić information content (AvgIpc) is 2.79. The number of nitrogens with one attached hydrogen (secondary N) is 1. The smallest absolute Gasteiger partial charge is 0.296 e. The van der Waals surface area contributed by atoms with Crippen molar-refractivity contribution in [3.63, 3.8) is 0 Å². The summed E-state index contributed by atoms with van der Waals surface area (Å²) >= 11 is 0. The number of benzene rings is 2. The predicted molar refractivity (Wildman–Crippen MR) is 127 cm³/mol. The lowest BCUT2D eigenvalue weighted by molar-refractivity contribution is 0.102. The van der Waals surface area contributed by atoms with E-state index in [9.17, 15) is 18.3 Å². The summed E-state index contributed by atoms with van der Waals surface area (Å²) in [5.41, 5.74) is 0.857. The third-order valence-corrected chi connectivity index (χ3v) is 6.59. The Balaban J connectivity index is 1.69. The Hall–Kier alpha value is -2.38. The van der Waals surface area contributed by atoms with Crippen molar-refractivity contribution in [2.45, 2.75) is 76.0 Å². The van der Waals surface area contributed by atoms with Crippen LogP contribution in [0.2, 0.25) is 0 Å². The molecule has 0 heterocycles. The molecule has 2 rings (SSSR count). The lowest BCUT2D eigenvalue weighted by Gasteiger charge is -2.08. The van der Waals surface area contributed by atoms with Crippen molar-refractivity contribution < 1.29 is 22.5 Å². The van der Waals surface area contributed by atoms with Crippen molar-refractivity contribution in [2.75, 3.05) is 11.9 Å². The maximum Gasteiger partial charge on any atom is 0.296 e. The van der Waals surface area contributed by atoms with E-state index in [1.807, 2.05) is 0 Å². The van der Waals surface area contributed by atoms with Crippen molar-refractivity contribution in [3.05, 3.63) is 54.1 Å². The molecule has 0 saturated carbocycles. The van der Waals surface area contributed by atoms with Crippen LogP contribution in [0.1, 0.15) is 81.5 Å². The number of amides is 1. The third-order valence-electron chi connectivity index (χ3n) is 5.27. The number of aromatic hydroxyl groups is 1. The fraction of sp³-hybridized carbons (Fsp3) is 0.480. The number of phenolic OH excluding ortho intramolecular Hbond substituents is 1. The Kier molecular flexibility index (Phi) is 11.2. The molecular weight excluding hydrogens is 426 g/mol. The SMILES string of the molecule is CCCCCCCCCCCCOS(=O)(=O)c1ccc(C(=O)Nc2ccc(O)cc2)cc1. The van der Waals surface area contributed by atoms with Crippen LogP contribution >= 0.6 is 0 Å². The Morgan fingerprint density at radius 2 is 1.34 bits per heavy atom. The zero-order valence-corrected chi connectivity index (χ0v) is 19.7. The fourth-order valence-electron chi connectivity index (χ4n) is 3.35. The van der Waals surface area contributed by atoms with Crippen molar-refractivity contribution in [1.29, 1.82) is 0 Å². The normalized spacial score (nSPS) is 11.4. The second-order valence-corrected chi connectivity index (χ2v) is 9.60. The largest absolute Gasteiger partial charge is 0.508 e. The molecule has 32 heavy (non-hydrogen) atoms. The maximum atomic E-state index is 12.4. The van der Waals surface area contributed by atoms with E-state index in [-0.39, 0.29) is 23.2 Å². The monoisotopic (exact) mass is 461 g/mol. The van der Waals surface area contributed by atoms with Gasteiger partial charge >= 0.3 is 0 Å². The third kappa shape index (κ3) is 9.40. The van der Waals surface area contributed by atoms with E-state index >= 15 is 0 Å². The average molecular weight is 462 g/mol. The molecule has 176 valence electrons. The summed E-state index contributed by atoms with van der Waals surface area (Å²) < 4.78 is 29.8. The minimum absolute atomic E-state index is 0.0331. The molecule has 0 radical (unpaired) electrons. The Labute approximate surface area is 192 Å². The molecule has 0 spiro atoms. The van der Waals surface area contributed by atoms with Crippen LogP contribution in [0.15, 0.2) is 53.4 Å². The number of carbonyl (C=O) groups is 1. The predicted octanol–water partition coefficient (Wildman–Crippen LogP) is 6.27. The van der Waals surface area contributed by atoms with E-state index in [0.29, 0.717) is 17.7 Å². The zero-order chi connectivity index (χ0) is 23.2. The van der Waals surface area contributed by atoms with Crippen molar-refractivity contribution in [2.24, 2.45) is 0 Å². The summed E-state index contributed by atoms with van der Waals surface area (Å²) in [6.07, 6.45) is 11.7. The second kappa shape index (κ2) is 13.9. The van der Waals surface area contributed by atoms with E-state index in [4.69, 9.17) is 4.18 Å². The van der Waals surface area contributed by atoms with E-state index < -0.39 is 10.1 Å². The minimum atomic E-state index is -3.84. The van der Waals surface area contributed by atoms with Crippen LogP contribution in [0.4, 0.5) is 5.69 Å². The van der Waals surface area contributed by atoms with Gasteiger partial charge in [-0.05, 0) is 55.0 Å². The highest BCUT2D eigenvalue weighted by Gasteiger charge is 2.16. The molecular formula is C25H35NO5S. The molecule has 0 fully saturated rings. The summed E-state index contributed by atoms with van der Waals surface area (Å²) in [6.45, 7) is 2.39. The number of hydrogen-bond acceptors (Lipinski definition) is 5. The van der Waals surface area contributed by atoms with Crippen LogP contribution in [-0.2, 0) is 14.3 Å². The number of rotatable bonds is 15. The molecule has 2 N–H and O–H groups in total. The highest BCUT2D eigenvalue weighted by molar-refractivity contribution is 7.86. The number of unbranched alkanes of at least 4 members (excludes halogenated alkanes) is 9. The molecule has 0 atom stereocenters. The molecule has 7 heteroatoms. The fourth-order valence-corrected chi connectivity index (χ4v) is 4.29. The molecule has 6 nitrogen and oxygen atoms in total. The highest BCUT2D eigenvalue weighted by atomic mass is 32.2. The molecule has 0 aliphatic rings. The highest BCUT2D eigenvalue weighted by Crippen LogP contribution is 2.18. The van der Waals surface area contributed by atoms with Gasteiger partial charge in [-0.1, -0.05) is 64.7 Å². The summed E-state index contributed by atoms with van der Waals surface area (Å²) in [4.78, 5) is 12.3. The van der Waals surface area contributed by atoms with E-state index in [1.54, 1.807) is 12.1 Å². The van der Waals surface area contributed by atoms with Crippen LogP contribution in [-0.4, -0.2) is 26.0 Å². The Morgan fingerprint density at radius 1 is 0.812 bits per heavy atom.